The third kappa shape index (κ3) is 3.89. The zero-order valence-electron chi connectivity index (χ0n) is 28.3. The third-order valence-electron chi connectivity index (χ3n) is 11.3. The summed E-state index contributed by atoms with van der Waals surface area (Å²) in [5.74, 6) is 0. The molecule has 0 spiro atoms. The molecule has 8 aromatic carbocycles. The van der Waals surface area contributed by atoms with Crippen LogP contribution < -0.4 is 4.90 Å². The first kappa shape index (κ1) is 28.2. The number of anilines is 3. The number of hydrogen-bond acceptors (Lipinski definition) is 1. The molecule has 234 valence electrons. The first-order valence-electron chi connectivity index (χ1n) is 17.3. The molecule has 0 aliphatic heterocycles. The Kier molecular flexibility index (Phi) is 5.79. The summed E-state index contributed by atoms with van der Waals surface area (Å²) in [5, 5.41) is 9.24. The number of benzene rings is 8. The molecule has 1 aromatic heterocycles. The van der Waals surface area contributed by atoms with Crippen molar-refractivity contribution < 1.29 is 0 Å². The van der Waals surface area contributed by atoms with Crippen LogP contribution in [0.4, 0.5) is 17.1 Å². The van der Waals surface area contributed by atoms with Crippen LogP contribution in [0.2, 0.25) is 0 Å². The Bertz CT molecular complexity index is 2730. The molecule has 0 fully saturated rings. The molecule has 2 nitrogen and oxygen atoms in total. The molecule has 10 rings (SSSR count). The molecule has 2 heteroatoms. The predicted molar refractivity (Wildman–Crippen MR) is 209 cm³/mol. The molecule has 0 atom stereocenters. The highest BCUT2D eigenvalue weighted by atomic mass is 15.1. The van der Waals surface area contributed by atoms with Crippen LogP contribution >= 0.6 is 0 Å². The molecule has 0 bridgehead atoms. The van der Waals surface area contributed by atoms with Gasteiger partial charge in [-0.05, 0) is 123 Å². The van der Waals surface area contributed by atoms with Gasteiger partial charge in [0.25, 0.3) is 0 Å². The Labute approximate surface area is 286 Å². The SMILES string of the molecule is Cc1c(C)n(-c2ccc(N(c3ccccc3)c3ccc4c(c3)-c3ccccc3C4(C)C)cc2)c2c1cc1ccc3cccc4ccc2c1c34. The minimum absolute atomic E-state index is 0.0209. The van der Waals surface area contributed by atoms with Crippen LogP contribution in [0.15, 0.2) is 146 Å². The molecule has 49 heavy (non-hydrogen) atoms. The zero-order valence-corrected chi connectivity index (χ0v) is 28.3. The van der Waals surface area contributed by atoms with Crippen molar-refractivity contribution in [2.24, 2.45) is 0 Å². The minimum atomic E-state index is -0.0209. The minimum Gasteiger partial charge on any atom is -0.313 e. The van der Waals surface area contributed by atoms with Gasteiger partial charge in [-0.3, -0.25) is 0 Å². The van der Waals surface area contributed by atoms with Crippen molar-refractivity contribution in [3.05, 3.63) is 168 Å². The van der Waals surface area contributed by atoms with Gasteiger partial charge in [0.2, 0.25) is 0 Å². The fourth-order valence-electron chi connectivity index (χ4n) is 8.80. The van der Waals surface area contributed by atoms with E-state index in [9.17, 15) is 0 Å². The lowest BCUT2D eigenvalue weighted by Gasteiger charge is -2.27. The van der Waals surface area contributed by atoms with Crippen molar-refractivity contribution in [2.75, 3.05) is 4.90 Å². The summed E-state index contributed by atoms with van der Waals surface area (Å²) in [4.78, 5) is 2.39. The lowest BCUT2D eigenvalue weighted by molar-refractivity contribution is 0.660. The van der Waals surface area contributed by atoms with Crippen LogP contribution in [0.1, 0.15) is 36.2 Å². The van der Waals surface area contributed by atoms with E-state index in [1.165, 1.54) is 82.4 Å². The monoisotopic (exact) mass is 628 g/mol. The van der Waals surface area contributed by atoms with Gasteiger partial charge < -0.3 is 9.47 Å². The van der Waals surface area contributed by atoms with Gasteiger partial charge in [0.1, 0.15) is 0 Å². The molecule has 0 unspecified atom stereocenters. The maximum Gasteiger partial charge on any atom is 0.0613 e. The molecule has 0 N–H and O–H groups in total. The highest BCUT2D eigenvalue weighted by Crippen LogP contribution is 2.50. The van der Waals surface area contributed by atoms with E-state index in [2.05, 4.69) is 183 Å². The van der Waals surface area contributed by atoms with Gasteiger partial charge in [-0.25, -0.2) is 0 Å². The van der Waals surface area contributed by atoms with Crippen LogP contribution in [0.3, 0.4) is 0 Å². The number of nitrogens with zero attached hydrogens (tertiary/aromatic N) is 2. The molecular formula is C47H36N2. The summed E-state index contributed by atoms with van der Waals surface area (Å²) in [7, 11) is 0. The molecule has 1 aliphatic carbocycles. The maximum absolute atomic E-state index is 2.47. The second-order valence-corrected chi connectivity index (χ2v) is 14.3. The first-order chi connectivity index (χ1) is 23.9. The fraction of sp³-hybridized carbons (Fsp3) is 0.106. The Hall–Kier alpha value is -5.86. The van der Waals surface area contributed by atoms with Crippen LogP contribution in [-0.2, 0) is 5.41 Å². The summed E-state index contributed by atoms with van der Waals surface area (Å²) < 4.78 is 2.47. The summed E-state index contributed by atoms with van der Waals surface area (Å²) in [5.41, 5.74) is 13.9. The van der Waals surface area contributed by atoms with Gasteiger partial charge in [-0.2, -0.15) is 0 Å². The van der Waals surface area contributed by atoms with E-state index in [4.69, 9.17) is 0 Å². The molecular weight excluding hydrogens is 593 g/mol. The largest absolute Gasteiger partial charge is 0.313 e. The van der Waals surface area contributed by atoms with Crippen molar-refractivity contribution in [3.8, 4) is 16.8 Å². The number of para-hydroxylation sites is 1. The van der Waals surface area contributed by atoms with E-state index in [1.54, 1.807) is 0 Å². The third-order valence-corrected chi connectivity index (χ3v) is 11.3. The Morgan fingerprint density at radius 3 is 1.94 bits per heavy atom. The number of aromatic nitrogens is 1. The van der Waals surface area contributed by atoms with E-state index in [0.717, 1.165) is 17.1 Å². The Balaban J connectivity index is 1.15. The van der Waals surface area contributed by atoms with E-state index in [1.807, 2.05) is 0 Å². The van der Waals surface area contributed by atoms with Gasteiger partial charge in [0.05, 0.1) is 5.52 Å². The van der Waals surface area contributed by atoms with Gasteiger partial charge in [-0.15, -0.1) is 0 Å². The average molecular weight is 629 g/mol. The van der Waals surface area contributed by atoms with Crippen molar-refractivity contribution in [2.45, 2.75) is 33.1 Å². The van der Waals surface area contributed by atoms with Gasteiger partial charge in [0, 0.05) is 44.6 Å². The number of aryl methyl sites for hydroxylation is 1. The first-order valence-corrected chi connectivity index (χ1v) is 17.3. The molecule has 0 saturated heterocycles. The normalized spacial score (nSPS) is 13.5. The molecule has 1 heterocycles. The van der Waals surface area contributed by atoms with Crippen molar-refractivity contribution in [3.63, 3.8) is 0 Å². The summed E-state index contributed by atoms with van der Waals surface area (Å²) in [6.07, 6.45) is 0. The second kappa shape index (κ2) is 10.1. The smallest absolute Gasteiger partial charge is 0.0613 e. The summed E-state index contributed by atoms with van der Waals surface area (Å²) >= 11 is 0. The number of fused-ring (bicyclic) bond motifs is 5. The van der Waals surface area contributed by atoms with E-state index >= 15 is 0 Å². The highest BCUT2D eigenvalue weighted by Gasteiger charge is 2.35. The second-order valence-electron chi connectivity index (χ2n) is 14.3. The molecule has 1 aliphatic rings. The maximum atomic E-state index is 2.47. The Morgan fingerprint density at radius 1 is 0.490 bits per heavy atom. The molecule has 9 aromatic rings. The quantitative estimate of drug-likeness (QED) is 0.176. The zero-order chi connectivity index (χ0) is 33.0. The van der Waals surface area contributed by atoms with E-state index in [0.29, 0.717) is 0 Å². The number of rotatable bonds is 4. The van der Waals surface area contributed by atoms with Crippen molar-refractivity contribution in [1.29, 1.82) is 0 Å². The van der Waals surface area contributed by atoms with Gasteiger partial charge in [0.15, 0.2) is 0 Å². The highest BCUT2D eigenvalue weighted by molar-refractivity contribution is 6.29. The van der Waals surface area contributed by atoms with Crippen molar-refractivity contribution >= 4 is 60.3 Å². The molecule has 0 saturated carbocycles. The van der Waals surface area contributed by atoms with Gasteiger partial charge in [-0.1, -0.05) is 105 Å². The predicted octanol–water partition coefficient (Wildman–Crippen LogP) is 12.9. The summed E-state index contributed by atoms with van der Waals surface area (Å²) in [6, 6.07) is 54.0. The Morgan fingerprint density at radius 2 is 1.14 bits per heavy atom. The van der Waals surface area contributed by atoms with Gasteiger partial charge >= 0.3 is 0 Å². The standard InChI is InChI=1S/C47H36N2/c1-29-30(2)48(46-39-25-19-32-12-10-11-31-17-18-33(27-40(29)46)45(39)44(31)32)35-20-22-36(23-21-35)49(34-13-6-5-7-14-34)37-24-26-43-41(28-37)38-15-8-9-16-42(38)47(43,3)4/h5-28H,1-4H3. The lowest BCUT2D eigenvalue weighted by atomic mass is 9.82. The average Bonchev–Trinajstić information content (AvgIpc) is 3.53. The topological polar surface area (TPSA) is 8.17 Å². The van der Waals surface area contributed by atoms with Crippen LogP contribution in [0, 0.1) is 13.8 Å². The van der Waals surface area contributed by atoms with Crippen LogP contribution in [0.25, 0.3) is 60.0 Å². The van der Waals surface area contributed by atoms with Crippen molar-refractivity contribution in [1.82, 2.24) is 4.57 Å². The molecule has 0 amide bonds. The van der Waals surface area contributed by atoms with Crippen LogP contribution in [-0.4, -0.2) is 4.57 Å². The summed E-state index contributed by atoms with van der Waals surface area (Å²) in [6.45, 7) is 9.21. The lowest BCUT2D eigenvalue weighted by Crippen LogP contribution is -2.15. The number of hydrogen-bond donors (Lipinski definition) is 0. The molecule has 0 radical (unpaired) electrons. The van der Waals surface area contributed by atoms with Crippen LogP contribution in [0.5, 0.6) is 0 Å². The fourth-order valence-corrected chi connectivity index (χ4v) is 8.80. The van der Waals surface area contributed by atoms with E-state index in [-0.39, 0.29) is 5.41 Å². The van der Waals surface area contributed by atoms with E-state index < -0.39 is 0 Å².